The zero-order chi connectivity index (χ0) is 15.0. The third kappa shape index (κ3) is 2.76. The van der Waals surface area contributed by atoms with E-state index in [1.807, 2.05) is 37.3 Å². The van der Waals surface area contributed by atoms with Crippen molar-refractivity contribution in [2.45, 2.75) is 19.3 Å². The van der Waals surface area contributed by atoms with E-state index in [1.165, 1.54) is 0 Å². The molecule has 21 heavy (non-hydrogen) atoms. The highest BCUT2D eigenvalue weighted by molar-refractivity contribution is 7.91. The molecule has 0 amide bonds. The Kier molecular flexibility index (Phi) is 3.41. The van der Waals surface area contributed by atoms with Crippen LogP contribution < -0.4 is 5.73 Å². The molecule has 0 spiro atoms. The van der Waals surface area contributed by atoms with Crippen molar-refractivity contribution in [3.63, 3.8) is 0 Å². The fraction of sp³-hybridized carbons (Fsp3) is 0.333. The molecule has 5 nitrogen and oxygen atoms in total. The summed E-state index contributed by atoms with van der Waals surface area (Å²) in [5, 5.41) is 0. The van der Waals surface area contributed by atoms with Gasteiger partial charge in [-0.2, -0.15) is 0 Å². The van der Waals surface area contributed by atoms with Crippen molar-refractivity contribution in [2.24, 2.45) is 0 Å². The first-order valence-corrected chi connectivity index (χ1v) is 8.68. The van der Waals surface area contributed by atoms with E-state index in [0.29, 0.717) is 18.1 Å². The number of nitrogen functional groups attached to an aromatic ring is 1. The van der Waals surface area contributed by atoms with Crippen LogP contribution >= 0.6 is 0 Å². The number of hydrogen-bond acceptors (Lipinski definition) is 5. The van der Waals surface area contributed by atoms with Crippen LogP contribution in [0.2, 0.25) is 0 Å². The summed E-state index contributed by atoms with van der Waals surface area (Å²) in [7, 11) is -2.96. The Morgan fingerprint density at radius 2 is 1.90 bits per heavy atom. The minimum atomic E-state index is -2.96. The van der Waals surface area contributed by atoms with Crippen LogP contribution in [0.5, 0.6) is 0 Å². The number of nitrogens with zero attached hydrogens (tertiary/aromatic N) is 2. The lowest BCUT2D eigenvalue weighted by atomic mass is 10.0. The molecule has 1 atom stereocenters. The average molecular weight is 303 g/mol. The van der Waals surface area contributed by atoms with Crippen molar-refractivity contribution in [2.75, 3.05) is 17.2 Å². The Bertz CT molecular complexity index is 773. The Labute approximate surface area is 124 Å². The molecule has 1 aromatic heterocycles. The molecule has 0 aliphatic carbocycles. The fourth-order valence-electron chi connectivity index (χ4n) is 2.61. The first-order valence-electron chi connectivity index (χ1n) is 6.86. The van der Waals surface area contributed by atoms with Crippen LogP contribution in [0.4, 0.5) is 5.82 Å². The summed E-state index contributed by atoms with van der Waals surface area (Å²) in [5.74, 6) is 1.13. The molecule has 1 saturated heterocycles. The molecule has 0 radical (unpaired) electrons. The number of sulfone groups is 1. The molecule has 1 aromatic carbocycles. The Morgan fingerprint density at radius 1 is 1.19 bits per heavy atom. The summed E-state index contributed by atoms with van der Waals surface area (Å²) in [6.07, 6.45) is 0.569. The largest absolute Gasteiger partial charge is 0.383 e. The molecule has 0 bridgehead atoms. The molecule has 2 N–H and O–H groups in total. The molecule has 3 rings (SSSR count). The SMILES string of the molecule is Cc1c(N)nc(C2CCS(=O)(=O)C2)nc1-c1ccccc1. The fourth-order valence-corrected chi connectivity index (χ4v) is 4.35. The second-order valence-electron chi connectivity index (χ2n) is 5.41. The lowest BCUT2D eigenvalue weighted by Crippen LogP contribution is -2.11. The molecule has 1 aliphatic heterocycles. The first-order chi connectivity index (χ1) is 9.96. The zero-order valence-corrected chi connectivity index (χ0v) is 12.6. The van der Waals surface area contributed by atoms with Gasteiger partial charge in [-0.25, -0.2) is 18.4 Å². The van der Waals surface area contributed by atoms with Crippen molar-refractivity contribution in [3.05, 3.63) is 41.7 Å². The third-order valence-electron chi connectivity index (χ3n) is 3.85. The van der Waals surface area contributed by atoms with Crippen molar-refractivity contribution >= 4 is 15.7 Å². The molecular formula is C15H17N3O2S. The standard InChI is InChI=1S/C15H17N3O2S/c1-10-13(11-5-3-2-4-6-11)17-15(18-14(10)16)12-7-8-21(19,20)9-12/h2-6,12H,7-9H2,1H3,(H2,16,17,18). The highest BCUT2D eigenvalue weighted by Crippen LogP contribution is 2.31. The van der Waals surface area contributed by atoms with Crippen molar-refractivity contribution in [3.8, 4) is 11.3 Å². The maximum absolute atomic E-state index is 11.6. The van der Waals surface area contributed by atoms with Crippen LogP contribution in [0, 0.1) is 6.92 Å². The van der Waals surface area contributed by atoms with Gasteiger partial charge in [-0.15, -0.1) is 0 Å². The summed E-state index contributed by atoms with van der Waals surface area (Å²) in [5.41, 5.74) is 8.56. The van der Waals surface area contributed by atoms with Crippen LogP contribution in [0.3, 0.4) is 0 Å². The van der Waals surface area contributed by atoms with Gasteiger partial charge in [0.25, 0.3) is 0 Å². The molecular weight excluding hydrogens is 286 g/mol. The predicted octanol–water partition coefficient (Wildman–Crippen LogP) is 1.94. The summed E-state index contributed by atoms with van der Waals surface area (Å²) in [4.78, 5) is 8.90. The van der Waals surface area contributed by atoms with Crippen LogP contribution in [0.15, 0.2) is 30.3 Å². The quantitative estimate of drug-likeness (QED) is 0.916. The van der Waals surface area contributed by atoms with Crippen molar-refractivity contribution < 1.29 is 8.42 Å². The Morgan fingerprint density at radius 3 is 2.52 bits per heavy atom. The number of nitrogens with two attached hydrogens (primary N) is 1. The number of rotatable bonds is 2. The molecule has 110 valence electrons. The lowest BCUT2D eigenvalue weighted by Gasteiger charge is -2.13. The van der Waals surface area contributed by atoms with Gasteiger partial charge in [0.15, 0.2) is 9.84 Å². The molecule has 2 heterocycles. The van der Waals surface area contributed by atoms with Crippen LogP contribution in [0.25, 0.3) is 11.3 Å². The van der Waals surface area contributed by atoms with Gasteiger partial charge in [0.2, 0.25) is 0 Å². The maximum atomic E-state index is 11.6. The van der Waals surface area contributed by atoms with Gasteiger partial charge in [-0.05, 0) is 13.3 Å². The summed E-state index contributed by atoms with van der Waals surface area (Å²) >= 11 is 0. The van der Waals surface area contributed by atoms with Crippen LogP contribution in [-0.4, -0.2) is 29.9 Å². The van der Waals surface area contributed by atoms with Gasteiger partial charge in [-0.1, -0.05) is 30.3 Å². The van der Waals surface area contributed by atoms with Gasteiger partial charge < -0.3 is 5.73 Å². The first kappa shape index (κ1) is 14.0. The second kappa shape index (κ2) is 5.11. The number of benzene rings is 1. The predicted molar refractivity (Wildman–Crippen MR) is 82.6 cm³/mol. The molecule has 2 aromatic rings. The minimum absolute atomic E-state index is 0.115. The molecule has 6 heteroatoms. The van der Waals surface area contributed by atoms with E-state index in [4.69, 9.17) is 5.73 Å². The summed E-state index contributed by atoms with van der Waals surface area (Å²) < 4.78 is 23.3. The van der Waals surface area contributed by atoms with E-state index in [-0.39, 0.29) is 17.4 Å². The zero-order valence-electron chi connectivity index (χ0n) is 11.8. The molecule has 0 saturated carbocycles. The van der Waals surface area contributed by atoms with Gasteiger partial charge in [0.1, 0.15) is 11.6 Å². The Hall–Kier alpha value is -1.95. The monoisotopic (exact) mass is 303 g/mol. The number of aromatic nitrogens is 2. The molecule has 1 unspecified atom stereocenters. The van der Waals surface area contributed by atoms with Crippen LogP contribution in [0.1, 0.15) is 23.7 Å². The van der Waals surface area contributed by atoms with E-state index in [0.717, 1.165) is 16.8 Å². The van der Waals surface area contributed by atoms with Gasteiger partial charge in [-0.3, -0.25) is 0 Å². The second-order valence-corrected chi connectivity index (χ2v) is 7.64. The van der Waals surface area contributed by atoms with Crippen molar-refractivity contribution in [1.82, 2.24) is 9.97 Å². The Balaban J connectivity index is 2.07. The smallest absolute Gasteiger partial charge is 0.151 e. The van der Waals surface area contributed by atoms with E-state index < -0.39 is 9.84 Å². The normalized spacial score (nSPS) is 20.5. The summed E-state index contributed by atoms with van der Waals surface area (Å²) in [6.45, 7) is 1.88. The van der Waals surface area contributed by atoms with Crippen molar-refractivity contribution in [1.29, 1.82) is 0 Å². The van der Waals surface area contributed by atoms with Gasteiger partial charge in [0, 0.05) is 17.0 Å². The lowest BCUT2D eigenvalue weighted by molar-refractivity contribution is 0.601. The number of anilines is 1. The van der Waals surface area contributed by atoms with Crippen LogP contribution in [-0.2, 0) is 9.84 Å². The van der Waals surface area contributed by atoms with Gasteiger partial charge in [0.05, 0.1) is 17.2 Å². The summed E-state index contributed by atoms with van der Waals surface area (Å²) in [6, 6.07) is 9.74. The minimum Gasteiger partial charge on any atom is -0.383 e. The molecule has 1 aliphatic rings. The van der Waals surface area contributed by atoms with E-state index in [9.17, 15) is 8.42 Å². The highest BCUT2D eigenvalue weighted by atomic mass is 32.2. The topological polar surface area (TPSA) is 85.9 Å². The number of hydrogen-bond donors (Lipinski definition) is 1. The highest BCUT2D eigenvalue weighted by Gasteiger charge is 2.31. The van der Waals surface area contributed by atoms with E-state index in [1.54, 1.807) is 0 Å². The van der Waals surface area contributed by atoms with Gasteiger partial charge >= 0.3 is 0 Å². The van der Waals surface area contributed by atoms with E-state index in [2.05, 4.69) is 9.97 Å². The third-order valence-corrected chi connectivity index (χ3v) is 5.61. The maximum Gasteiger partial charge on any atom is 0.151 e. The van der Waals surface area contributed by atoms with E-state index >= 15 is 0 Å². The average Bonchev–Trinajstić information content (AvgIpc) is 2.83. The molecule has 1 fully saturated rings.